The minimum Gasteiger partial charge on any atom is -0.387 e. The van der Waals surface area contributed by atoms with Gasteiger partial charge in [-0.25, -0.2) is 18.5 Å². The van der Waals surface area contributed by atoms with E-state index in [-0.39, 0.29) is 0 Å². The van der Waals surface area contributed by atoms with E-state index in [0.717, 1.165) is 0 Å². The predicted octanol–water partition coefficient (Wildman–Crippen LogP) is -1.01. The summed E-state index contributed by atoms with van der Waals surface area (Å²) in [5.74, 6) is -1.43. The zero-order valence-corrected chi connectivity index (χ0v) is 22.4. The average molecular weight is 604 g/mol. The topological polar surface area (TPSA) is 268 Å². The molecule has 1 fully saturated rings. The summed E-state index contributed by atoms with van der Waals surface area (Å²) in [4.78, 5) is 61.9. The third-order valence-electron chi connectivity index (χ3n) is 4.70. The Morgan fingerprint density at radius 1 is 1.00 bits per heavy atom. The molecule has 0 aliphatic carbocycles. The highest BCUT2D eigenvalue weighted by atomic mass is 31.3. The number of H-pyrrole nitrogens is 1. The Kier molecular flexibility index (Phi) is 12.6. The molecule has 1 aliphatic heterocycles. The van der Waals surface area contributed by atoms with Gasteiger partial charge < -0.3 is 39.4 Å². The summed E-state index contributed by atoms with van der Waals surface area (Å²) < 4.78 is 63.4. The van der Waals surface area contributed by atoms with Crippen LogP contribution < -0.4 is 11.2 Å². The first-order valence-corrected chi connectivity index (χ1v) is 14.9. The molecule has 2 heterocycles. The van der Waals surface area contributed by atoms with Crippen LogP contribution in [0.15, 0.2) is 15.8 Å². The number of nitrogens with one attached hydrogen (secondary N) is 1. The number of phosphoric acid groups is 3. The van der Waals surface area contributed by atoms with Crippen LogP contribution in [0.4, 0.5) is 4.39 Å². The van der Waals surface area contributed by atoms with Crippen molar-refractivity contribution in [3.63, 3.8) is 0 Å². The van der Waals surface area contributed by atoms with Crippen molar-refractivity contribution in [2.75, 3.05) is 26.2 Å². The summed E-state index contributed by atoms with van der Waals surface area (Å²) >= 11 is 0. The molecule has 18 nitrogen and oxygen atoms in total. The van der Waals surface area contributed by atoms with E-state index in [1.807, 2.05) is 0 Å². The average Bonchev–Trinajstić information content (AvgIpc) is 3.02. The van der Waals surface area contributed by atoms with E-state index in [1.165, 1.54) is 19.6 Å². The van der Waals surface area contributed by atoms with Gasteiger partial charge in [0.1, 0.15) is 18.3 Å². The maximum atomic E-state index is 13.4. The molecule has 37 heavy (non-hydrogen) atoms. The number of aromatic nitrogens is 2. The Morgan fingerprint density at radius 2 is 1.54 bits per heavy atom. The van der Waals surface area contributed by atoms with Crippen molar-refractivity contribution in [1.29, 1.82) is 0 Å². The minimum absolute atomic E-state index is 0.368. The molecule has 6 atom stereocenters. The standard InChI is InChI=1S/C9H14FN2O15P3.C6H15N/c10-3-1-12(9(16)11-7(3)15)8-6(14)5(13)4(25-8)2-24-29(20,21)27-30(22,23)26-28(17,18)19;1-4-7(5-2)6-3/h1,4-6,8,13-14H,2H2,(H,20,21)(H,22,23)(H,11,15,16)(H2,17,18,19);4-6H2,1-3H3/t4-,5-,6-,8-;/m1./s1/i9+1;. The second-order valence-electron chi connectivity index (χ2n) is 7.20. The molecule has 0 radical (unpaired) electrons. The van der Waals surface area contributed by atoms with Crippen molar-refractivity contribution in [2.24, 2.45) is 0 Å². The lowest BCUT2D eigenvalue weighted by Crippen LogP contribution is -2.38. The zero-order valence-electron chi connectivity index (χ0n) is 19.7. The molecule has 22 heteroatoms. The van der Waals surface area contributed by atoms with Gasteiger partial charge in [0.2, 0.25) is 5.82 Å². The van der Waals surface area contributed by atoms with Crippen LogP contribution in [0.25, 0.3) is 0 Å². The number of halogens is 1. The Labute approximate surface area is 208 Å². The van der Waals surface area contributed by atoms with E-state index < -0.39 is 71.7 Å². The maximum Gasteiger partial charge on any atom is 0.490 e. The number of ether oxygens (including phenoxy) is 1. The van der Waals surface area contributed by atoms with Gasteiger partial charge in [-0.15, -0.1) is 0 Å². The Hall–Kier alpha value is -1.14. The van der Waals surface area contributed by atoms with Crippen LogP contribution in [-0.4, -0.2) is 88.8 Å². The Bertz CT molecular complexity index is 1150. The van der Waals surface area contributed by atoms with Gasteiger partial charge in [0.05, 0.1) is 12.8 Å². The summed E-state index contributed by atoms with van der Waals surface area (Å²) in [6, 6.07) is 0. The van der Waals surface area contributed by atoms with Crippen molar-refractivity contribution < 1.29 is 65.8 Å². The predicted molar refractivity (Wildman–Crippen MR) is 120 cm³/mol. The van der Waals surface area contributed by atoms with E-state index in [9.17, 15) is 42.8 Å². The number of nitrogens with zero attached hydrogens (tertiary/aromatic N) is 2. The van der Waals surface area contributed by atoms with Crippen LogP contribution in [0.3, 0.4) is 0 Å². The van der Waals surface area contributed by atoms with Gasteiger partial charge >= 0.3 is 29.2 Å². The number of phosphoric ester groups is 1. The van der Waals surface area contributed by atoms with Gasteiger partial charge in [0.25, 0.3) is 5.56 Å². The number of rotatable bonds is 11. The first kappa shape index (κ1) is 33.9. The van der Waals surface area contributed by atoms with E-state index in [1.54, 1.807) is 4.98 Å². The molecule has 0 aromatic carbocycles. The molecule has 1 aromatic rings. The number of hydrogen-bond donors (Lipinski definition) is 7. The lowest BCUT2D eigenvalue weighted by molar-refractivity contribution is -0.0546. The van der Waals surface area contributed by atoms with Crippen LogP contribution in [0.1, 0.15) is 27.0 Å². The van der Waals surface area contributed by atoms with Gasteiger partial charge in [0.15, 0.2) is 6.23 Å². The number of hydrogen-bond acceptors (Lipinski definition) is 12. The van der Waals surface area contributed by atoms with Crippen LogP contribution in [0.2, 0.25) is 0 Å². The zero-order chi connectivity index (χ0) is 28.8. The first-order chi connectivity index (χ1) is 16.9. The van der Waals surface area contributed by atoms with Crippen molar-refractivity contribution >= 4 is 23.5 Å². The van der Waals surface area contributed by atoms with E-state index in [2.05, 4.69) is 38.8 Å². The van der Waals surface area contributed by atoms with Gasteiger partial charge in [-0.05, 0) is 19.6 Å². The van der Waals surface area contributed by atoms with E-state index in [0.29, 0.717) is 10.8 Å². The second kappa shape index (κ2) is 13.8. The second-order valence-corrected chi connectivity index (χ2v) is 11.6. The number of aromatic amines is 1. The molecule has 0 saturated carbocycles. The fraction of sp³-hybridized carbons (Fsp3) is 0.733. The molecule has 2 unspecified atom stereocenters. The molecule has 1 aliphatic rings. The number of aliphatic hydroxyl groups excluding tert-OH is 2. The van der Waals surface area contributed by atoms with Crippen molar-refractivity contribution in [3.8, 4) is 0 Å². The lowest BCUT2D eigenvalue weighted by atomic mass is 10.1. The molecule has 1 aromatic heterocycles. The molecule has 216 valence electrons. The molecule has 2 rings (SSSR count). The summed E-state index contributed by atoms with van der Waals surface area (Å²) in [6.07, 6.45) is -6.95. The highest BCUT2D eigenvalue weighted by Gasteiger charge is 2.46. The van der Waals surface area contributed by atoms with Gasteiger partial charge in [0, 0.05) is 0 Å². The molecule has 0 spiro atoms. The maximum absolute atomic E-state index is 13.4. The van der Waals surface area contributed by atoms with Crippen molar-refractivity contribution in [1.82, 2.24) is 14.5 Å². The highest BCUT2D eigenvalue weighted by Crippen LogP contribution is 2.66. The molecule has 7 N–H and O–H groups in total. The number of aliphatic hydroxyl groups is 2. The third kappa shape index (κ3) is 10.9. The Morgan fingerprint density at radius 3 is 2.00 bits per heavy atom. The summed E-state index contributed by atoms with van der Waals surface area (Å²) in [7, 11) is -16.9. The van der Waals surface area contributed by atoms with Gasteiger partial charge in [-0.2, -0.15) is 13.0 Å². The quantitative estimate of drug-likeness (QED) is 0.149. The molecule has 1 saturated heterocycles. The van der Waals surface area contributed by atoms with Gasteiger partial charge in [-0.3, -0.25) is 18.9 Å². The molecular weight excluding hydrogens is 575 g/mol. The Balaban J connectivity index is 0.000000856. The van der Waals surface area contributed by atoms with E-state index >= 15 is 0 Å². The normalized spacial score (nSPS) is 25.3. The highest BCUT2D eigenvalue weighted by molar-refractivity contribution is 7.66. The van der Waals surface area contributed by atoms with Crippen LogP contribution >= 0.6 is 23.5 Å². The summed E-state index contributed by atoms with van der Waals surface area (Å²) in [5, 5.41) is 19.9. The largest absolute Gasteiger partial charge is 0.490 e. The summed E-state index contributed by atoms with van der Waals surface area (Å²) in [6.45, 7) is 8.99. The third-order valence-corrected chi connectivity index (χ3v) is 8.50. The van der Waals surface area contributed by atoms with Crippen molar-refractivity contribution in [2.45, 2.75) is 45.3 Å². The van der Waals surface area contributed by atoms with Crippen LogP contribution in [0, 0.1) is 5.82 Å². The smallest absolute Gasteiger partial charge is 0.387 e. The monoisotopic (exact) mass is 604 g/mol. The SMILES string of the molecule is CCN(CC)CC.O=c1[nH][13c](=O)n([C@@H]2O[C@H](COP(=O)(O)OP(=O)(O)OP(=O)(O)O)[C@@H](O)[C@H]2O)cc1F. The van der Waals surface area contributed by atoms with Crippen molar-refractivity contribution in [3.05, 3.63) is 32.9 Å². The lowest BCUT2D eigenvalue weighted by Gasteiger charge is -2.19. The van der Waals surface area contributed by atoms with Crippen LogP contribution in [-0.2, 0) is 31.6 Å². The molecule has 0 bridgehead atoms. The van der Waals surface area contributed by atoms with E-state index in [4.69, 9.17) is 19.4 Å². The molecular formula is C15H29FN3O15P3. The first-order valence-electron chi connectivity index (χ1n) is 10.4. The summed E-state index contributed by atoms with van der Waals surface area (Å²) in [5.41, 5.74) is -2.60. The fourth-order valence-electron chi connectivity index (χ4n) is 2.89. The van der Waals surface area contributed by atoms with Gasteiger partial charge in [-0.1, -0.05) is 20.8 Å². The minimum atomic E-state index is -5.78. The fourth-order valence-corrected chi connectivity index (χ4v) is 5.92. The molecule has 0 amide bonds. The van der Waals surface area contributed by atoms with Crippen LogP contribution in [0.5, 0.6) is 0 Å².